The van der Waals surface area contributed by atoms with Crippen LogP contribution in [0, 0.1) is 0 Å². The molecule has 0 heterocycles. The van der Waals surface area contributed by atoms with Gasteiger partial charge >= 0.3 is 0 Å². The SMILES string of the molecule is CC(CNC(=O)CCc1ccccc1N)N(C)C1CC1. The summed E-state index contributed by atoms with van der Waals surface area (Å²) in [6.45, 7) is 2.88. The first kappa shape index (κ1) is 14.9. The minimum Gasteiger partial charge on any atom is -0.399 e. The Kier molecular flexibility index (Phi) is 5.01. The number of nitrogen functional groups attached to an aromatic ring is 1. The molecular weight excluding hydrogens is 250 g/mol. The van der Waals surface area contributed by atoms with E-state index in [9.17, 15) is 4.79 Å². The predicted molar refractivity (Wildman–Crippen MR) is 82.4 cm³/mol. The van der Waals surface area contributed by atoms with Crippen LogP contribution in [0.5, 0.6) is 0 Å². The van der Waals surface area contributed by atoms with Gasteiger partial charge in [0, 0.05) is 30.7 Å². The molecule has 1 aromatic rings. The lowest BCUT2D eigenvalue weighted by atomic mass is 10.1. The number of likely N-dealkylation sites (N-methyl/N-ethyl adjacent to an activating group) is 1. The molecule has 4 nitrogen and oxygen atoms in total. The van der Waals surface area contributed by atoms with Gasteiger partial charge in [0.25, 0.3) is 0 Å². The number of hydrogen-bond donors (Lipinski definition) is 2. The summed E-state index contributed by atoms with van der Waals surface area (Å²) < 4.78 is 0. The number of benzene rings is 1. The Labute approximate surface area is 121 Å². The Bertz CT molecular complexity index is 457. The highest BCUT2D eigenvalue weighted by molar-refractivity contribution is 5.76. The van der Waals surface area contributed by atoms with E-state index in [1.54, 1.807) is 0 Å². The van der Waals surface area contributed by atoms with Gasteiger partial charge in [0.15, 0.2) is 0 Å². The largest absolute Gasteiger partial charge is 0.399 e. The average molecular weight is 275 g/mol. The van der Waals surface area contributed by atoms with Crippen molar-refractivity contribution < 1.29 is 4.79 Å². The second-order valence-corrected chi connectivity index (χ2v) is 5.75. The van der Waals surface area contributed by atoms with Crippen molar-refractivity contribution in [2.75, 3.05) is 19.3 Å². The molecule has 1 aliphatic rings. The molecule has 1 aliphatic carbocycles. The number of carbonyl (C=O) groups is 1. The van der Waals surface area contributed by atoms with Crippen LogP contribution in [-0.4, -0.2) is 36.5 Å². The third-order valence-electron chi connectivity index (χ3n) is 4.09. The molecule has 1 amide bonds. The van der Waals surface area contributed by atoms with Crippen molar-refractivity contribution in [3.8, 4) is 0 Å². The number of anilines is 1. The first-order chi connectivity index (χ1) is 9.58. The first-order valence-electron chi connectivity index (χ1n) is 7.40. The number of nitrogens with zero attached hydrogens (tertiary/aromatic N) is 1. The summed E-state index contributed by atoms with van der Waals surface area (Å²) in [6.07, 6.45) is 3.78. The van der Waals surface area contributed by atoms with Crippen molar-refractivity contribution in [1.29, 1.82) is 0 Å². The summed E-state index contributed by atoms with van der Waals surface area (Å²) in [5, 5.41) is 3.01. The molecule has 0 radical (unpaired) electrons. The lowest BCUT2D eigenvalue weighted by molar-refractivity contribution is -0.121. The minimum atomic E-state index is 0.101. The zero-order valence-electron chi connectivity index (χ0n) is 12.4. The van der Waals surface area contributed by atoms with Crippen molar-refractivity contribution >= 4 is 11.6 Å². The van der Waals surface area contributed by atoms with Crippen LogP contribution >= 0.6 is 0 Å². The standard InChI is InChI=1S/C16H25N3O/c1-12(19(2)14-8-9-14)11-18-16(20)10-7-13-5-3-4-6-15(13)17/h3-6,12,14H,7-11,17H2,1-2H3,(H,18,20). The van der Waals surface area contributed by atoms with E-state index in [1.165, 1.54) is 12.8 Å². The Morgan fingerprint density at radius 2 is 2.15 bits per heavy atom. The number of rotatable bonds is 7. The third-order valence-corrected chi connectivity index (χ3v) is 4.09. The molecule has 0 bridgehead atoms. The van der Waals surface area contributed by atoms with E-state index in [-0.39, 0.29) is 5.91 Å². The van der Waals surface area contributed by atoms with Crippen molar-refractivity contribution in [3.63, 3.8) is 0 Å². The number of amides is 1. The molecule has 110 valence electrons. The molecule has 0 spiro atoms. The molecule has 0 aliphatic heterocycles. The van der Waals surface area contributed by atoms with E-state index in [2.05, 4.69) is 24.2 Å². The second kappa shape index (κ2) is 6.75. The van der Waals surface area contributed by atoms with Gasteiger partial charge in [-0.05, 0) is 44.9 Å². The lowest BCUT2D eigenvalue weighted by Gasteiger charge is -2.24. The number of nitrogens with one attached hydrogen (secondary N) is 1. The summed E-state index contributed by atoms with van der Waals surface area (Å²) in [5.74, 6) is 0.101. The first-order valence-corrected chi connectivity index (χ1v) is 7.40. The van der Waals surface area contributed by atoms with Crippen LogP contribution in [0.15, 0.2) is 24.3 Å². The van der Waals surface area contributed by atoms with E-state index in [1.807, 2.05) is 24.3 Å². The molecule has 1 aromatic carbocycles. The van der Waals surface area contributed by atoms with Gasteiger partial charge in [-0.1, -0.05) is 18.2 Å². The van der Waals surface area contributed by atoms with Crippen LogP contribution in [0.3, 0.4) is 0 Å². The average Bonchev–Trinajstić information content (AvgIpc) is 3.27. The van der Waals surface area contributed by atoms with Crippen LogP contribution in [-0.2, 0) is 11.2 Å². The molecule has 0 saturated heterocycles. The highest BCUT2D eigenvalue weighted by atomic mass is 16.1. The van der Waals surface area contributed by atoms with Gasteiger partial charge < -0.3 is 11.1 Å². The maximum absolute atomic E-state index is 11.9. The molecule has 20 heavy (non-hydrogen) atoms. The van der Waals surface area contributed by atoms with E-state index in [0.29, 0.717) is 18.9 Å². The molecule has 3 N–H and O–H groups in total. The number of nitrogens with two attached hydrogens (primary N) is 1. The van der Waals surface area contributed by atoms with Gasteiger partial charge in [-0.25, -0.2) is 0 Å². The Hall–Kier alpha value is -1.55. The monoisotopic (exact) mass is 275 g/mol. The zero-order chi connectivity index (χ0) is 14.5. The molecular formula is C16H25N3O. The summed E-state index contributed by atoms with van der Waals surface area (Å²) >= 11 is 0. The minimum absolute atomic E-state index is 0.101. The fourth-order valence-corrected chi connectivity index (χ4v) is 2.35. The second-order valence-electron chi connectivity index (χ2n) is 5.75. The predicted octanol–water partition coefficient (Wildman–Crippen LogP) is 1.80. The summed E-state index contributed by atoms with van der Waals surface area (Å²) in [6, 6.07) is 8.84. The molecule has 0 aromatic heterocycles. The Balaban J connectivity index is 1.69. The van der Waals surface area contributed by atoms with Crippen molar-refractivity contribution in [2.45, 2.75) is 44.7 Å². The van der Waals surface area contributed by atoms with E-state index in [0.717, 1.165) is 23.8 Å². The summed E-state index contributed by atoms with van der Waals surface area (Å²) in [7, 11) is 2.14. The molecule has 1 fully saturated rings. The van der Waals surface area contributed by atoms with Crippen molar-refractivity contribution in [3.05, 3.63) is 29.8 Å². The van der Waals surface area contributed by atoms with Crippen LogP contribution in [0.4, 0.5) is 5.69 Å². The Morgan fingerprint density at radius 3 is 2.80 bits per heavy atom. The van der Waals surface area contributed by atoms with Crippen molar-refractivity contribution in [1.82, 2.24) is 10.2 Å². The highest BCUT2D eigenvalue weighted by Gasteiger charge is 2.29. The van der Waals surface area contributed by atoms with Gasteiger partial charge in [0.05, 0.1) is 0 Å². The molecule has 1 saturated carbocycles. The van der Waals surface area contributed by atoms with Crippen LogP contribution in [0.2, 0.25) is 0 Å². The number of hydrogen-bond acceptors (Lipinski definition) is 3. The number of carbonyl (C=O) groups excluding carboxylic acids is 1. The number of para-hydroxylation sites is 1. The van der Waals surface area contributed by atoms with Crippen LogP contribution < -0.4 is 11.1 Å². The zero-order valence-corrected chi connectivity index (χ0v) is 12.4. The topological polar surface area (TPSA) is 58.4 Å². The van der Waals surface area contributed by atoms with Gasteiger partial charge in [0.2, 0.25) is 5.91 Å². The maximum atomic E-state index is 11.9. The van der Waals surface area contributed by atoms with Crippen molar-refractivity contribution in [2.24, 2.45) is 0 Å². The molecule has 2 rings (SSSR count). The van der Waals surface area contributed by atoms with E-state index in [4.69, 9.17) is 5.73 Å². The quantitative estimate of drug-likeness (QED) is 0.746. The van der Waals surface area contributed by atoms with Gasteiger partial charge in [-0.15, -0.1) is 0 Å². The van der Waals surface area contributed by atoms with E-state index >= 15 is 0 Å². The normalized spacial score (nSPS) is 16.1. The van der Waals surface area contributed by atoms with Gasteiger partial charge in [-0.3, -0.25) is 9.69 Å². The third kappa shape index (κ3) is 4.23. The highest BCUT2D eigenvalue weighted by Crippen LogP contribution is 2.26. The Morgan fingerprint density at radius 1 is 1.45 bits per heavy atom. The van der Waals surface area contributed by atoms with Gasteiger partial charge in [-0.2, -0.15) is 0 Å². The molecule has 4 heteroatoms. The number of aryl methyl sites for hydroxylation is 1. The fourth-order valence-electron chi connectivity index (χ4n) is 2.35. The lowest BCUT2D eigenvalue weighted by Crippen LogP contribution is -2.41. The summed E-state index contributed by atoms with van der Waals surface area (Å²) in [5.41, 5.74) is 7.68. The van der Waals surface area contributed by atoms with Crippen LogP contribution in [0.25, 0.3) is 0 Å². The molecule has 1 unspecified atom stereocenters. The fraction of sp³-hybridized carbons (Fsp3) is 0.562. The van der Waals surface area contributed by atoms with Gasteiger partial charge in [0.1, 0.15) is 0 Å². The molecule has 1 atom stereocenters. The van der Waals surface area contributed by atoms with E-state index < -0.39 is 0 Å². The smallest absolute Gasteiger partial charge is 0.220 e. The van der Waals surface area contributed by atoms with Crippen LogP contribution in [0.1, 0.15) is 31.7 Å². The maximum Gasteiger partial charge on any atom is 0.220 e. The summed E-state index contributed by atoms with van der Waals surface area (Å²) in [4.78, 5) is 14.2.